The van der Waals surface area contributed by atoms with Crippen molar-refractivity contribution in [3.05, 3.63) is 46.2 Å². The predicted molar refractivity (Wildman–Crippen MR) is 125 cm³/mol. The molecule has 170 valence electrons. The Bertz CT molecular complexity index is 1060. The SMILES string of the molecule is O=C(NC[C@H]1[C@H]2C[C@H](CN(Cc3cc(=O)c4ccccc4[nH]3)C2)[C@@H]2CCCCN21)C1CC1. The van der Waals surface area contributed by atoms with Crippen molar-refractivity contribution in [3.8, 4) is 0 Å². The Kier molecular flexibility index (Phi) is 5.30. The molecule has 1 aromatic heterocycles. The number of rotatable bonds is 5. The van der Waals surface area contributed by atoms with Crippen LogP contribution in [0.2, 0.25) is 0 Å². The summed E-state index contributed by atoms with van der Waals surface area (Å²) >= 11 is 0. The first-order valence-electron chi connectivity index (χ1n) is 12.5. The Labute approximate surface area is 189 Å². The summed E-state index contributed by atoms with van der Waals surface area (Å²) in [7, 11) is 0. The lowest BCUT2D eigenvalue weighted by atomic mass is 9.72. The predicted octanol–water partition coefficient (Wildman–Crippen LogP) is 2.73. The molecule has 6 heteroatoms. The number of nitrogens with zero attached hydrogens (tertiary/aromatic N) is 2. The molecule has 3 aliphatic heterocycles. The molecule has 0 radical (unpaired) electrons. The lowest BCUT2D eigenvalue weighted by molar-refractivity contribution is -0.123. The largest absolute Gasteiger partial charge is 0.357 e. The number of para-hydroxylation sites is 1. The number of aromatic amines is 1. The number of hydrogen-bond acceptors (Lipinski definition) is 4. The van der Waals surface area contributed by atoms with Crippen molar-refractivity contribution in [1.29, 1.82) is 0 Å². The second-order valence-corrected chi connectivity index (χ2v) is 10.5. The van der Waals surface area contributed by atoms with Crippen LogP contribution in [-0.4, -0.2) is 59.0 Å². The Balaban J connectivity index is 1.21. The number of H-pyrrole nitrogens is 1. The van der Waals surface area contributed by atoms with E-state index in [0.29, 0.717) is 23.9 Å². The molecule has 1 aromatic carbocycles. The lowest BCUT2D eigenvalue weighted by Crippen LogP contribution is -2.65. The summed E-state index contributed by atoms with van der Waals surface area (Å²) in [5.74, 6) is 1.81. The average molecular weight is 435 g/mol. The molecule has 6 rings (SSSR count). The lowest BCUT2D eigenvalue weighted by Gasteiger charge is -2.57. The highest BCUT2D eigenvalue weighted by molar-refractivity contribution is 5.80. The third-order valence-corrected chi connectivity index (χ3v) is 8.32. The third kappa shape index (κ3) is 3.88. The zero-order valence-electron chi connectivity index (χ0n) is 18.8. The van der Waals surface area contributed by atoms with Gasteiger partial charge >= 0.3 is 0 Å². The van der Waals surface area contributed by atoms with Crippen LogP contribution in [0, 0.1) is 17.8 Å². The van der Waals surface area contributed by atoms with Crippen molar-refractivity contribution >= 4 is 16.8 Å². The van der Waals surface area contributed by atoms with Crippen LogP contribution in [-0.2, 0) is 11.3 Å². The van der Waals surface area contributed by atoms with Crippen LogP contribution in [0.15, 0.2) is 35.1 Å². The van der Waals surface area contributed by atoms with E-state index in [-0.39, 0.29) is 17.3 Å². The molecular weight excluding hydrogens is 400 g/mol. The Hall–Kier alpha value is -2.18. The van der Waals surface area contributed by atoms with E-state index < -0.39 is 0 Å². The highest BCUT2D eigenvalue weighted by atomic mass is 16.2. The van der Waals surface area contributed by atoms with Gasteiger partial charge in [0.1, 0.15) is 0 Å². The second kappa shape index (κ2) is 8.31. The molecular formula is C26H34N4O2. The van der Waals surface area contributed by atoms with Gasteiger partial charge in [-0.3, -0.25) is 19.4 Å². The van der Waals surface area contributed by atoms with Crippen LogP contribution in [0.25, 0.3) is 10.9 Å². The maximum Gasteiger partial charge on any atom is 0.223 e. The van der Waals surface area contributed by atoms with E-state index in [1.54, 1.807) is 6.07 Å². The summed E-state index contributed by atoms with van der Waals surface area (Å²) in [6.07, 6.45) is 7.28. The molecule has 0 spiro atoms. The van der Waals surface area contributed by atoms with Crippen LogP contribution < -0.4 is 10.7 Å². The number of benzene rings is 1. The van der Waals surface area contributed by atoms with Crippen molar-refractivity contribution in [2.75, 3.05) is 26.2 Å². The maximum atomic E-state index is 12.6. The van der Waals surface area contributed by atoms with E-state index >= 15 is 0 Å². The molecule has 0 unspecified atom stereocenters. The van der Waals surface area contributed by atoms with Gasteiger partial charge < -0.3 is 10.3 Å². The van der Waals surface area contributed by atoms with Gasteiger partial charge in [-0.1, -0.05) is 18.6 Å². The van der Waals surface area contributed by atoms with E-state index in [1.807, 2.05) is 24.3 Å². The zero-order chi connectivity index (χ0) is 21.7. The fraction of sp³-hybridized carbons (Fsp3) is 0.615. The fourth-order valence-electron chi connectivity index (χ4n) is 6.69. The van der Waals surface area contributed by atoms with Crippen molar-refractivity contribution in [1.82, 2.24) is 20.1 Å². The highest BCUT2D eigenvalue weighted by Gasteiger charge is 2.47. The van der Waals surface area contributed by atoms with Gasteiger partial charge in [-0.15, -0.1) is 0 Å². The van der Waals surface area contributed by atoms with Crippen molar-refractivity contribution < 1.29 is 4.79 Å². The van der Waals surface area contributed by atoms with Crippen LogP contribution in [0.5, 0.6) is 0 Å². The van der Waals surface area contributed by atoms with Gasteiger partial charge in [-0.25, -0.2) is 0 Å². The number of likely N-dealkylation sites (tertiary alicyclic amines) is 1. The summed E-state index contributed by atoms with van der Waals surface area (Å²) in [5, 5.41) is 4.06. The number of carbonyl (C=O) groups excluding carboxylic acids is 1. The molecule has 32 heavy (non-hydrogen) atoms. The Morgan fingerprint density at radius 2 is 1.94 bits per heavy atom. The molecule has 4 aliphatic rings. The number of aromatic nitrogens is 1. The molecule has 1 aliphatic carbocycles. The van der Waals surface area contributed by atoms with Gasteiger partial charge in [0.15, 0.2) is 5.43 Å². The van der Waals surface area contributed by atoms with Gasteiger partial charge in [0.2, 0.25) is 5.91 Å². The van der Waals surface area contributed by atoms with Crippen molar-refractivity contribution in [2.24, 2.45) is 17.8 Å². The number of pyridine rings is 1. The first-order chi connectivity index (χ1) is 15.7. The second-order valence-electron chi connectivity index (χ2n) is 10.5. The molecule has 2 N–H and O–H groups in total. The molecule has 2 aromatic rings. The van der Waals surface area contributed by atoms with E-state index in [0.717, 1.165) is 55.6 Å². The number of piperidine rings is 3. The van der Waals surface area contributed by atoms with Crippen LogP contribution in [0.3, 0.4) is 0 Å². The van der Waals surface area contributed by atoms with E-state index in [2.05, 4.69) is 20.1 Å². The summed E-state index contributed by atoms with van der Waals surface area (Å²) in [6, 6.07) is 10.6. The minimum atomic E-state index is 0.102. The summed E-state index contributed by atoms with van der Waals surface area (Å²) in [6.45, 7) is 4.91. The number of amides is 1. The molecule has 2 bridgehead atoms. The summed E-state index contributed by atoms with van der Waals surface area (Å²) in [5.41, 5.74) is 2.03. The number of fused-ring (bicyclic) bond motifs is 5. The maximum absolute atomic E-state index is 12.6. The van der Waals surface area contributed by atoms with Crippen molar-refractivity contribution in [2.45, 2.75) is 57.2 Å². The number of hydrogen-bond donors (Lipinski definition) is 2. The van der Waals surface area contributed by atoms with Gasteiger partial charge in [0, 0.05) is 66.8 Å². The van der Waals surface area contributed by atoms with E-state index in [4.69, 9.17) is 0 Å². The van der Waals surface area contributed by atoms with Crippen LogP contribution >= 0.6 is 0 Å². The summed E-state index contributed by atoms with van der Waals surface area (Å²) < 4.78 is 0. The van der Waals surface area contributed by atoms with E-state index in [9.17, 15) is 9.59 Å². The Morgan fingerprint density at radius 3 is 2.81 bits per heavy atom. The minimum absolute atomic E-state index is 0.102. The van der Waals surface area contributed by atoms with Gasteiger partial charge in [-0.05, 0) is 62.6 Å². The minimum Gasteiger partial charge on any atom is -0.357 e. The molecule has 4 fully saturated rings. The number of carbonyl (C=O) groups is 1. The van der Waals surface area contributed by atoms with E-state index in [1.165, 1.54) is 32.2 Å². The zero-order valence-corrected chi connectivity index (χ0v) is 18.8. The monoisotopic (exact) mass is 434 g/mol. The normalized spacial score (nSPS) is 30.8. The molecule has 3 saturated heterocycles. The first kappa shape index (κ1) is 20.4. The van der Waals surface area contributed by atoms with Gasteiger partial charge in [-0.2, -0.15) is 0 Å². The quantitative estimate of drug-likeness (QED) is 0.759. The summed E-state index contributed by atoms with van der Waals surface area (Å²) in [4.78, 5) is 33.8. The molecule has 1 saturated carbocycles. The Morgan fingerprint density at radius 1 is 1.09 bits per heavy atom. The third-order valence-electron chi connectivity index (χ3n) is 8.32. The molecule has 4 heterocycles. The number of nitrogens with one attached hydrogen (secondary N) is 2. The molecule has 6 nitrogen and oxygen atoms in total. The van der Waals surface area contributed by atoms with Gasteiger partial charge in [0.05, 0.1) is 0 Å². The first-order valence-corrected chi connectivity index (χ1v) is 12.5. The smallest absolute Gasteiger partial charge is 0.223 e. The molecule has 1 amide bonds. The fourth-order valence-corrected chi connectivity index (χ4v) is 6.69. The van der Waals surface area contributed by atoms with Gasteiger partial charge in [0.25, 0.3) is 0 Å². The van der Waals surface area contributed by atoms with Crippen molar-refractivity contribution in [3.63, 3.8) is 0 Å². The standard InChI is InChI=1S/C26H34N4O2/c31-25-12-20(28-22-6-2-1-5-21(22)25)16-29-14-18-11-19(15-29)24(13-27-26(32)17-8-9-17)30-10-4-3-7-23(18)30/h1-2,5-6,12,17-19,23-24H,3-4,7-11,13-16H2,(H,27,32)(H,28,31)/t18-,19+,23+,24+/m1/s1. The average Bonchev–Trinajstić information content (AvgIpc) is 3.65. The topological polar surface area (TPSA) is 68.4 Å². The van der Waals surface area contributed by atoms with Crippen LogP contribution in [0.4, 0.5) is 0 Å². The van der Waals surface area contributed by atoms with Crippen LogP contribution in [0.1, 0.15) is 44.2 Å². The molecule has 4 atom stereocenters. The highest BCUT2D eigenvalue weighted by Crippen LogP contribution is 2.41.